The minimum Gasteiger partial charge on any atom is -0.348 e. The number of hydrogen-bond acceptors (Lipinski definition) is 2. The number of halogens is 2. The standard InChI is InChI=1S/C15H15Cl2N3O/c1-2-20-10-12(9-19-20)4-6-15(21)18-8-11-3-5-13(16)14(17)7-11/h3-7,9-10H,2,8H2,1H3,(H,18,21)/b6-4+. The number of aromatic nitrogens is 2. The van der Waals surface area contributed by atoms with Gasteiger partial charge < -0.3 is 5.32 Å². The van der Waals surface area contributed by atoms with E-state index < -0.39 is 0 Å². The molecule has 0 fully saturated rings. The highest BCUT2D eigenvalue weighted by molar-refractivity contribution is 6.42. The first kappa shape index (κ1) is 15.6. The van der Waals surface area contributed by atoms with Crippen LogP contribution in [0.15, 0.2) is 36.7 Å². The lowest BCUT2D eigenvalue weighted by atomic mass is 10.2. The smallest absolute Gasteiger partial charge is 0.244 e. The molecular weight excluding hydrogens is 309 g/mol. The Morgan fingerprint density at radius 1 is 1.38 bits per heavy atom. The predicted octanol–water partition coefficient (Wildman–Crippen LogP) is 3.54. The lowest BCUT2D eigenvalue weighted by Crippen LogP contribution is -2.20. The Morgan fingerprint density at radius 2 is 2.19 bits per heavy atom. The number of aryl methyl sites for hydroxylation is 1. The molecule has 1 aromatic carbocycles. The molecule has 1 heterocycles. The SMILES string of the molecule is CCn1cc(/C=C/C(=O)NCc2ccc(Cl)c(Cl)c2)cn1. The summed E-state index contributed by atoms with van der Waals surface area (Å²) in [5.74, 6) is -0.176. The molecule has 21 heavy (non-hydrogen) atoms. The predicted molar refractivity (Wildman–Crippen MR) is 85.2 cm³/mol. The molecule has 0 saturated carbocycles. The molecular formula is C15H15Cl2N3O. The van der Waals surface area contributed by atoms with E-state index in [2.05, 4.69) is 10.4 Å². The quantitative estimate of drug-likeness (QED) is 0.855. The van der Waals surface area contributed by atoms with Gasteiger partial charge in [0, 0.05) is 30.9 Å². The number of hydrogen-bond donors (Lipinski definition) is 1. The molecule has 0 bridgehead atoms. The van der Waals surface area contributed by atoms with Crippen molar-refractivity contribution < 1.29 is 4.79 Å². The van der Waals surface area contributed by atoms with E-state index in [4.69, 9.17) is 23.2 Å². The Morgan fingerprint density at radius 3 is 2.86 bits per heavy atom. The molecule has 4 nitrogen and oxygen atoms in total. The van der Waals surface area contributed by atoms with Crippen LogP contribution in [0.5, 0.6) is 0 Å². The van der Waals surface area contributed by atoms with E-state index in [0.29, 0.717) is 16.6 Å². The van der Waals surface area contributed by atoms with E-state index in [1.807, 2.05) is 19.2 Å². The van der Waals surface area contributed by atoms with Crippen LogP contribution in [-0.2, 0) is 17.9 Å². The molecule has 0 radical (unpaired) electrons. The Hall–Kier alpha value is -1.78. The maximum Gasteiger partial charge on any atom is 0.244 e. The van der Waals surface area contributed by atoms with Crippen LogP contribution >= 0.6 is 23.2 Å². The number of carbonyl (C=O) groups excluding carboxylic acids is 1. The molecule has 110 valence electrons. The second-order valence-electron chi connectivity index (χ2n) is 4.43. The lowest BCUT2D eigenvalue weighted by molar-refractivity contribution is -0.116. The van der Waals surface area contributed by atoms with Crippen molar-refractivity contribution in [1.29, 1.82) is 0 Å². The molecule has 0 aliphatic heterocycles. The van der Waals surface area contributed by atoms with Crippen LogP contribution in [-0.4, -0.2) is 15.7 Å². The molecule has 0 atom stereocenters. The van der Waals surface area contributed by atoms with Crippen LogP contribution in [0.3, 0.4) is 0 Å². The summed E-state index contributed by atoms with van der Waals surface area (Å²) in [5, 5.41) is 7.89. The number of amides is 1. The van der Waals surface area contributed by atoms with Gasteiger partial charge in [-0.15, -0.1) is 0 Å². The molecule has 0 saturated heterocycles. The monoisotopic (exact) mass is 323 g/mol. The van der Waals surface area contributed by atoms with Crippen LogP contribution in [0, 0.1) is 0 Å². The first-order valence-corrected chi connectivity index (χ1v) is 7.26. The van der Waals surface area contributed by atoms with Crippen molar-refractivity contribution >= 4 is 35.2 Å². The summed E-state index contributed by atoms with van der Waals surface area (Å²) in [4.78, 5) is 11.7. The van der Waals surface area contributed by atoms with E-state index in [0.717, 1.165) is 17.7 Å². The molecule has 1 amide bonds. The van der Waals surface area contributed by atoms with Crippen molar-refractivity contribution in [3.63, 3.8) is 0 Å². The summed E-state index contributed by atoms with van der Waals surface area (Å²) >= 11 is 11.8. The van der Waals surface area contributed by atoms with Crippen molar-refractivity contribution in [2.45, 2.75) is 20.0 Å². The van der Waals surface area contributed by atoms with E-state index in [1.54, 1.807) is 29.1 Å². The zero-order chi connectivity index (χ0) is 15.2. The molecule has 0 aliphatic rings. The van der Waals surface area contributed by atoms with Crippen LogP contribution < -0.4 is 5.32 Å². The van der Waals surface area contributed by atoms with Gasteiger partial charge in [-0.05, 0) is 30.7 Å². The van der Waals surface area contributed by atoms with Gasteiger partial charge in [-0.3, -0.25) is 9.48 Å². The Bertz CT molecular complexity index is 665. The van der Waals surface area contributed by atoms with Gasteiger partial charge in [-0.1, -0.05) is 29.3 Å². The van der Waals surface area contributed by atoms with Gasteiger partial charge in [0.15, 0.2) is 0 Å². The normalized spacial score (nSPS) is 11.0. The fourth-order valence-corrected chi connectivity index (χ4v) is 2.03. The summed E-state index contributed by atoms with van der Waals surface area (Å²) in [7, 11) is 0. The molecule has 1 N–H and O–H groups in total. The van der Waals surface area contributed by atoms with Crippen LogP contribution in [0.4, 0.5) is 0 Å². The number of nitrogens with one attached hydrogen (secondary N) is 1. The molecule has 0 unspecified atom stereocenters. The fraction of sp³-hybridized carbons (Fsp3) is 0.200. The Labute approximate surface area is 133 Å². The van der Waals surface area contributed by atoms with E-state index in [-0.39, 0.29) is 5.91 Å². The van der Waals surface area contributed by atoms with Gasteiger partial charge >= 0.3 is 0 Å². The summed E-state index contributed by atoms with van der Waals surface area (Å²) in [6.45, 7) is 3.20. The van der Waals surface area contributed by atoms with Gasteiger partial charge in [0.1, 0.15) is 0 Å². The molecule has 0 aliphatic carbocycles. The average Bonchev–Trinajstić information content (AvgIpc) is 2.94. The molecule has 2 rings (SSSR count). The molecule has 0 spiro atoms. The maximum absolute atomic E-state index is 11.7. The summed E-state index contributed by atoms with van der Waals surface area (Å²) in [6.07, 6.45) is 6.80. The Balaban J connectivity index is 1.88. The van der Waals surface area contributed by atoms with Crippen molar-refractivity contribution in [1.82, 2.24) is 15.1 Å². The number of nitrogens with zero attached hydrogens (tertiary/aromatic N) is 2. The lowest BCUT2D eigenvalue weighted by Gasteiger charge is -2.04. The van der Waals surface area contributed by atoms with Crippen LogP contribution in [0.25, 0.3) is 6.08 Å². The number of rotatable bonds is 5. The van der Waals surface area contributed by atoms with Gasteiger partial charge in [-0.2, -0.15) is 5.10 Å². The number of benzene rings is 1. The van der Waals surface area contributed by atoms with Gasteiger partial charge in [0.2, 0.25) is 5.91 Å². The fourth-order valence-electron chi connectivity index (χ4n) is 1.71. The second-order valence-corrected chi connectivity index (χ2v) is 5.24. The van der Waals surface area contributed by atoms with Gasteiger partial charge in [0.25, 0.3) is 0 Å². The maximum atomic E-state index is 11.7. The third kappa shape index (κ3) is 4.62. The highest BCUT2D eigenvalue weighted by Gasteiger charge is 2.01. The average molecular weight is 324 g/mol. The largest absolute Gasteiger partial charge is 0.348 e. The first-order valence-electron chi connectivity index (χ1n) is 6.50. The first-order chi connectivity index (χ1) is 10.1. The highest BCUT2D eigenvalue weighted by Crippen LogP contribution is 2.22. The van der Waals surface area contributed by atoms with Crippen LogP contribution in [0.2, 0.25) is 10.0 Å². The third-order valence-corrected chi connectivity index (χ3v) is 3.59. The van der Waals surface area contributed by atoms with E-state index >= 15 is 0 Å². The summed E-state index contributed by atoms with van der Waals surface area (Å²) in [5.41, 5.74) is 1.78. The van der Waals surface area contributed by atoms with Crippen molar-refractivity contribution in [2.24, 2.45) is 0 Å². The minimum atomic E-state index is -0.176. The topological polar surface area (TPSA) is 46.9 Å². The number of carbonyl (C=O) groups is 1. The van der Waals surface area contributed by atoms with Crippen molar-refractivity contribution in [2.75, 3.05) is 0 Å². The molecule has 1 aromatic heterocycles. The minimum absolute atomic E-state index is 0.176. The van der Waals surface area contributed by atoms with Crippen molar-refractivity contribution in [3.05, 3.63) is 57.8 Å². The highest BCUT2D eigenvalue weighted by atomic mass is 35.5. The Kier molecular flexibility index (Phi) is 5.42. The summed E-state index contributed by atoms with van der Waals surface area (Å²) < 4.78 is 1.80. The zero-order valence-corrected chi connectivity index (χ0v) is 13.0. The zero-order valence-electron chi connectivity index (χ0n) is 11.5. The second kappa shape index (κ2) is 7.29. The third-order valence-electron chi connectivity index (χ3n) is 2.86. The van der Waals surface area contributed by atoms with E-state index in [9.17, 15) is 4.79 Å². The molecule has 2 aromatic rings. The van der Waals surface area contributed by atoms with Gasteiger partial charge in [0.05, 0.1) is 16.2 Å². The van der Waals surface area contributed by atoms with Crippen LogP contribution in [0.1, 0.15) is 18.1 Å². The van der Waals surface area contributed by atoms with Gasteiger partial charge in [-0.25, -0.2) is 0 Å². The van der Waals surface area contributed by atoms with E-state index in [1.165, 1.54) is 6.08 Å². The summed E-state index contributed by atoms with van der Waals surface area (Å²) in [6, 6.07) is 5.27. The van der Waals surface area contributed by atoms with Crippen molar-refractivity contribution in [3.8, 4) is 0 Å². The molecule has 6 heteroatoms.